The van der Waals surface area contributed by atoms with Gasteiger partial charge in [0.1, 0.15) is 0 Å². The smallest absolute Gasteiger partial charge is 0.376 e. The second-order valence-electron chi connectivity index (χ2n) is 2.13. The van der Waals surface area contributed by atoms with Gasteiger partial charge in [0.15, 0.2) is 0 Å². The third kappa shape index (κ3) is 14.1. The predicted molar refractivity (Wildman–Crippen MR) is 62.4 cm³/mol. The highest BCUT2D eigenvalue weighted by molar-refractivity contribution is 6.36. The average Bonchev–Trinajstić information content (AvgIpc) is 2.20. The van der Waals surface area contributed by atoms with Crippen LogP contribution in [-0.4, -0.2) is 29.3 Å². The Balaban J connectivity index is 0. The van der Waals surface area contributed by atoms with E-state index in [1.165, 1.54) is 0 Å². The molecule has 0 radical (unpaired) electrons. The van der Waals surface area contributed by atoms with Crippen LogP contribution in [-0.2, 0) is 13.3 Å². The van der Waals surface area contributed by atoms with Crippen LogP contribution in [0.25, 0.3) is 0 Å². The van der Waals surface area contributed by atoms with Crippen LogP contribution in [0, 0.1) is 0 Å². The third-order valence-electron chi connectivity index (χ3n) is 1.07. The summed E-state index contributed by atoms with van der Waals surface area (Å²) in [4.78, 5) is 0. The van der Waals surface area contributed by atoms with Gasteiger partial charge in [-0.05, 0) is 20.8 Å². The van der Waals surface area contributed by atoms with E-state index in [1.807, 2.05) is 20.8 Å². The van der Waals surface area contributed by atoms with Crippen molar-refractivity contribution in [2.24, 2.45) is 0 Å². The first kappa shape index (κ1) is 16.0. The largest absolute Gasteiger partial charge is 0.484 e. The molecule has 0 aromatic heterocycles. The fourth-order valence-corrected chi connectivity index (χ4v) is 1.66. The Labute approximate surface area is 89.3 Å². The molecule has 4 heteroatoms. The Morgan fingerprint density at radius 1 is 0.857 bits per heavy atom. The van der Waals surface area contributed by atoms with E-state index in [0.29, 0.717) is 19.8 Å². The van der Waals surface area contributed by atoms with Crippen molar-refractivity contribution in [3.8, 4) is 0 Å². The van der Waals surface area contributed by atoms with Crippen molar-refractivity contribution in [2.75, 3.05) is 19.8 Å². The van der Waals surface area contributed by atoms with Crippen LogP contribution >= 0.6 is 0 Å². The van der Waals surface area contributed by atoms with Crippen LogP contribution < -0.4 is 0 Å². The summed E-state index contributed by atoms with van der Waals surface area (Å²) >= 11 is 0. The summed E-state index contributed by atoms with van der Waals surface area (Å²) < 4.78 is 15.7. The first-order chi connectivity index (χ1) is 6.76. The molecule has 0 unspecified atom stereocenters. The van der Waals surface area contributed by atoms with Crippen LogP contribution in [0.1, 0.15) is 20.8 Å². The number of hydrogen-bond donors (Lipinski definition) is 0. The van der Waals surface area contributed by atoms with Gasteiger partial charge in [0.25, 0.3) is 0 Å². The zero-order chi connectivity index (χ0) is 11.2. The van der Waals surface area contributed by atoms with Crippen LogP contribution in [0.5, 0.6) is 0 Å². The van der Waals surface area contributed by atoms with Crippen LogP contribution in [0.3, 0.4) is 0 Å². The molecule has 0 aliphatic carbocycles. The van der Waals surface area contributed by atoms with Crippen molar-refractivity contribution in [2.45, 2.75) is 20.8 Å². The summed E-state index contributed by atoms with van der Waals surface area (Å²) in [6.45, 7) is 14.6. The second-order valence-corrected chi connectivity index (χ2v) is 3.70. The highest BCUT2D eigenvalue weighted by atomic mass is 28.3. The zero-order valence-electron chi connectivity index (χ0n) is 9.49. The molecule has 0 atom stereocenters. The molecule has 14 heavy (non-hydrogen) atoms. The minimum atomic E-state index is -1.73. The van der Waals surface area contributed by atoms with E-state index < -0.39 is 9.53 Å². The quantitative estimate of drug-likeness (QED) is 0.484. The van der Waals surface area contributed by atoms with Crippen molar-refractivity contribution in [1.82, 2.24) is 0 Å². The highest BCUT2D eigenvalue weighted by Crippen LogP contribution is 1.90. The molecule has 3 nitrogen and oxygen atoms in total. The maximum atomic E-state index is 5.22. The molecule has 0 fully saturated rings. The normalized spacial score (nSPS) is 9.14. The highest BCUT2D eigenvalue weighted by Gasteiger charge is 2.11. The summed E-state index contributed by atoms with van der Waals surface area (Å²) in [7, 11) is -1.73. The lowest BCUT2D eigenvalue weighted by atomic mass is 10.6. The molecule has 0 bridgehead atoms. The predicted octanol–water partition coefficient (Wildman–Crippen LogP) is 2.17. The van der Waals surface area contributed by atoms with Gasteiger partial charge in [-0.1, -0.05) is 25.3 Å². The SMILES string of the molecule is C=CC=C.CCO[SiH](OCC)OCC. The van der Waals surface area contributed by atoms with Gasteiger partial charge < -0.3 is 13.3 Å². The van der Waals surface area contributed by atoms with Gasteiger partial charge in [-0.15, -0.1) is 0 Å². The van der Waals surface area contributed by atoms with E-state index in [9.17, 15) is 0 Å². The number of rotatable bonds is 7. The third-order valence-corrected chi connectivity index (χ3v) is 2.89. The van der Waals surface area contributed by atoms with Gasteiger partial charge in [-0.3, -0.25) is 0 Å². The molecule has 0 spiro atoms. The topological polar surface area (TPSA) is 27.7 Å². The van der Waals surface area contributed by atoms with Gasteiger partial charge in [0, 0.05) is 19.8 Å². The second kappa shape index (κ2) is 15.1. The standard InChI is InChI=1S/C6H16O3Si.C4H6/c1-4-7-10(8-5-2)9-6-3;1-3-4-2/h10H,4-6H2,1-3H3;3-4H,1-2H2. The Hall–Kier alpha value is -0.423. The van der Waals surface area contributed by atoms with E-state index in [0.717, 1.165) is 0 Å². The van der Waals surface area contributed by atoms with Crippen molar-refractivity contribution >= 4 is 9.53 Å². The van der Waals surface area contributed by atoms with Crippen LogP contribution in [0.4, 0.5) is 0 Å². The lowest BCUT2D eigenvalue weighted by Crippen LogP contribution is -2.27. The summed E-state index contributed by atoms with van der Waals surface area (Å²) in [5, 5.41) is 0. The van der Waals surface area contributed by atoms with Crippen molar-refractivity contribution in [3.05, 3.63) is 25.3 Å². The van der Waals surface area contributed by atoms with Gasteiger partial charge >= 0.3 is 9.53 Å². The molecular weight excluding hydrogens is 196 g/mol. The lowest BCUT2D eigenvalue weighted by Gasteiger charge is -2.12. The molecular formula is C10H22O3Si. The molecule has 0 N–H and O–H groups in total. The Kier molecular flexibility index (Phi) is 17.2. The van der Waals surface area contributed by atoms with Gasteiger partial charge in [0.2, 0.25) is 0 Å². The van der Waals surface area contributed by atoms with Crippen molar-refractivity contribution in [3.63, 3.8) is 0 Å². The first-order valence-electron chi connectivity index (χ1n) is 4.84. The zero-order valence-corrected chi connectivity index (χ0v) is 10.6. The van der Waals surface area contributed by atoms with E-state index in [-0.39, 0.29) is 0 Å². The molecule has 0 heterocycles. The first-order valence-corrected chi connectivity index (χ1v) is 6.26. The minimum Gasteiger partial charge on any atom is -0.376 e. The molecule has 84 valence electrons. The molecule has 0 saturated carbocycles. The van der Waals surface area contributed by atoms with Gasteiger partial charge in [0.05, 0.1) is 0 Å². The monoisotopic (exact) mass is 218 g/mol. The molecule has 0 aliphatic heterocycles. The fraction of sp³-hybridized carbons (Fsp3) is 0.600. The molecule has 0 saturated heterocycles. The number of hydrogen-bond acceptors (Lipinski definition) is 3. The van der Waals surface area contributed by atoms with E-state index >= 15 is 0 Å². The van der Waals surface area contributed by atoms with Gasteiger partial charge in [-0.25, -0.2) is 0 Å². The van der Waals surface area contributed by atoms with Gasteiger partial charge in [-0.2, -0.15) is 0 Å². The molecule has 0 aromatic rings. The molecule has 0 rings (SSSR count). The minimum absolute atomic E-state index is 0.677. The van der Waals surface area contributed by atoms with Crippen molar-refractivity contribution in [1.29, 1.82) is 0 Å². The number of allylic oxidation sites excluding steroid dienone is 2. The van der Waals surface area contributed by atoms with Crippen molar-refractivity contribution < 1.29 is 13.3 Å². The summed E-state index contributed by atoms with van der Waals surface area (Å²) in [6, 6.07) is 0. The van der Waals surface area contributed by atoms with E-state index in [1.54, 1.807) is 12.2 Å². The Bertz CT molecular complexity index is 108. The lowest BCUT2D eigenvalue weighted by molar-refractivity contribution is 0.107. The van der Waals surface area contributed by atoms with E-state index in [2.05, 4.69) is 13.2 Å². The van der Waals surface area contributed by atoms with E-state index in [4.69, 9.17) is 13.3 Å². The summed E-state index contributed by atoms with van der Waals surface area (Å²) in [6.07, 6.45) is 3.28. The van der Waals surface area contributed by atoms with Crippen LogP contribution in [0.2, 0.25) is 0 Å². The maximum absolute atomic E-state index is 5.22. The molecule has 0 aliphatic rings. The van der Waals surface area contributed by atoms with Crippen LogP contribution in [0.15, 0.2) is 25.3 Å². The molecule has 0 aromatic carbocycles. The fourth-order valence-electron chi connectivity index (χ4n) is 0.553. The average molecular weight is 218 g/mol. The molecule has 0 amide bonds. The summed E-state index contributed by atoms with van der Waals surface area (Å²) in [5.41, 5.74) is 0. The Morgan fingerprint density at radius 3 is 1.29 bits per heavy atom. The maximum Gasteiger partial charge on any atom is 0.484 e. The summed E-state index contributed by atoms with van der Waals surface area (Å²) in [5.74, 6) is 0. The Morgan fingerprint density at radius 2 is 1.14 bits per heavy atom.